The Labute approximate surface area is 366 Å². The number of fused-ring (bicyclic) bond motifs is 2. The summed E-state index contributed by atoms with van der Waals surface area (Å²) in [5.74, 6) is -5.02. The molecule has 6 N–H and O–H groups in total. The average Bonchev–Trinajstić information content (AvgIpc) is 3.85. The Kier molecular flexibility index (Phi) is 13.5. The molecule has 326 valence electrons. The van der Waals surface area contributed by atoms with E-state index in [9.17, 15) is 14.4 Å². The highest BCUT2D eigenvalue weighted by Crippen LogP contribution is 2.53. The van der Waals surface area contributed by atoms with Gasteiger partial charge in [0.2, 0.25) is 0 Å². The molecule has 1 aliphatic carbocycles. The molecule has 0 bridgehead atoms. The molecule has 8 rings (SSSR count). The van der Waals surface area contributed by atoms with Crippen LogP contribution in [0.15, 0.2) is 128 Å². The molecule has 7 aromatic rings. The van der Waals surface area contributed by atoms with Crippen molar-refractivity contribution in [2.75, 3.05) is 14.1 Å². The summed E-state index contributed by atoms with van der Waals surface area (Å²) in [4.78, 5) is 49.8. The van der Waals surface area contributed by atoms with Crippen molar-refractivity contribution < 1.29 is 34.8 Å². The van der Waals surface area contributed by atoms with Crippen LogP contribution in [0.2, 0.25) is 0 Å². The first-order valence-electron chi connectivity index (χ1n) is 21.4. The van der Waals surface area contributed by atoms with Gasteiger partial charge in [-0.2, -0.15) is 0 Å². The summed E-state index contributed by atoms with van der Waals surface area (Å²) in [5.41, 5.74) is 9.38. The smallest absolute Gasteiger partial charge is 0.336 e. The van der Waals surface area contributed by atoms with Crippen LogP contribution in [0.3, 0.4) is 0 Å². The molecule has 0 unspecified atom stereocenters. The minimum absolute atomic E-state index is 0.0806. The van der Waals surface area contributed by atoms with Gasteiger partial charge in [0.15, 0.2) is 5.60 Å². The third-order valence-corrected chi connectivity index (χ3v) is 13.1. The van der Waals surface area contributed by atoms with Crippen LogP contribution in [0.1, 0.15) is 77.7 Å². The number of hydrogen-bond donors (Lipinski definition) is 6. The maximum Gasteiger partial charge on any atom is 0.336 e. The minimum Gasteiger partial charge on any atom is -0.481 e. The number of aromatic nitrogens is 4. The highest BCUT2D eigenvalue weighted by Gasteiger charge is 2.49. The Balaban J connectivity index is 0.000000399. The number of para-hydroxylation sites is 2. The van der Waals surface area contributed by atoms with E-state index in [2.05, 4.69) is 142 Å². The lowest BCUT2D eigenvalue weighted by molar-refractivity contribution is -0.170. The topological polar surface area (TPSA) is 193 Å². The van der Waals surface area contributed by atoms with Crippen molar-refractivity contribution in [1.82, 2.24) is 24.8 Å². The number of hydrogen-bond acceptors (Lipinski definition) is 7. The molecule has 63 heavy (non-hydrogen) atoms. The first-order chi connectivity index (χ1) is 30.3. The lowest BCUT2D eigenvalue weighted by atomic mass is 9.61. The number of rotatable bonds is 16. The van der Waals surface area contributed by atoms with Crippen molar-refractivity contribution in [3.05, 3.63) is 167 Å². The average molecular weight is 850 g/mol. The number of carbonyl (C=O) groups is 3. The van der Waals surface area contributed by atoms with Gasteiger partial charge in [0, 0.05) is 63.5 Å². The van der Waals surface area contributed by atoms with Crippen molar-refractivity contribution in [1.29, 1.82) is 0 Å². The summed E-state index contributed by atoms with van der Waals surface area (Å²) in [6.07, 6.45) is 14.7. The summed E-state index contributed by atoms with van der Waals surface area (Å²) in [6.45, 7) is 0. The van der Waals surface area contributed by atoms with Crippen LogP contribution in [-0.4, -0.2) is 88.4 Å². The molecule has 0 radical (unpaired) electrons. The van der Waals surface area contributed by atoms with Gasteiger partial charge in [0.05, 0.1) is 18.3 Å². The highest BCUT2D eigenvalue weighted by molar-refractivity contribution is 5.89. The van der Waals surface area contributed by atoms with Crippen LogP contribution in [0.4, 0.5) is 0 Å². The van der Waals surface area contributed by atoms with E-state index in [0.717, 1.165) is 57.8 Å². The zero-order valence-corrected chi connectivity index (χ0v) is 35.8. The number of aliphatic carboxylic acids is 3. The second kappa shape index (κ2) is 19.2. The summed E-state index contributed by atoms with van der Waals surface area (Å²) in [5, 5.41) is 36.5. The SMILES string of the molecule is CN(C)C1(Cc2ccccc2)CCC(c2[nH]c3ccccc3c2CCc2ccncc2)(c2[nH]c3ccccc3c2CCc2ccncc2)CC1.O=C(O)CC(O)(CC(=O)O)C(=O)O. The number of nitrogens with one attached hydrogen (secondary N) is 2. The number of H-pyrrole nitrogens is 2. The van der Waals surface area contributed by atoms with E-state index >= 15 is 0 Å². The summed E-state index contributed by atoms with van der Waals surface area (Å²) in [6, 6.07) is 37.7. The maximum absolute atomic E-state index is 10.3. The van der Waals surface area contributed by atoms with E-state index in [1.165, 1.54) is 61.0 Å². The van der Waals surface area contributed by atoms with Crippen LogP contribution in [0.5, 0.6) is 0 Å². The Bertz CT molecular complexity index is 2510. The lowest BCUT2D eigenvalue weighted by Crippen LogP contribution is -2.52. The standard InChI is InChI=1S/C45H47N5.C6H8O7/c1-50(2)44(32-35-10-4-3-5-11-35)24-26-45(27-25-44,42-38(18-16-33-20-28-46-29-21-33)36-12-6-8-14-40(36)48-42)43-39(19-17-34-22-30-47-31-23-34)37-13-7-9-15-41(37)49-43;7-3(8)1-6(13,5(11)12)2-4(9)10/h3-15,20-23,28-31,48-49H,16-19,24-27,32H2,1-2H3;13H,1-2H2,(H,7,8)(H,9,10)(H,11,12). The predicted octanol–water partition coefficient (Wildman–Crippen LogP) is 8.16. The third kappa shape index (κ3) is 9.88. The quantitative estimate of drug-likeness (QED) is 0.0553. The van der Waals surface area contributed by atoms with Crippen LogP contribution in [-0.2, 0) is 51.9 Å². The minimum atomic E-state index is -2.74. The number of aliphatic hydroxyl groups is 1. The van der Waals surface area contributed by atoms with Crippen LogP contribution in [0, 0.1) is 0 Å². The summed E-state index contributed by atoms with van der Waals surface area (Å²) >= 11 is 0. The fourth-order valence-corrected chi connectivity index (χ4v) is 9.61. The van der Waals surface area contributed by atoms with Crippen molar-refractivity contribution >= 4 is 39.7 Å². The second-order valence-electron chi connectivity index (χ2n) is 17.1. The molecule has 0 aliphatic heterocycles. The molecule has 4 heterocycles. The third-order valence-electron chi connectivity index (χ3n) is 13.1. The van der Waals surface area contributed by atoms with Gasteiger partial charge in [-0.3, -0.25) is 19.6 Å². The van der Waals surface area contributed by atoms with Gasteiger partial charge < -0.3 is 35.3 Å². The van der Waals surface area contributed by atoms with Gasteiger partial charge in [-0.05, 0) is 136 Å². The number of aromatic amines is 2. The van der Waals surface area contributed by atoms with Gasteiger partial charge >= 0.3 is 17.9 Å². The van der Waals surface area contributed by atoms with Crippen molar-refractivity contribution in [3.63, 3.8) is 0 Å². The van der Waals surface area contributed by atoms with E-state index in [1.807, 2.05) is 24.8 Å². The zero-order valence-electron chi connectivity index (χ0n) is 35.8. The Hall–Kier alpha value is -6.63. The Morgan fingerprint density at radius 2 is 1.02 bits per heavy atom. The molecular weight excluding hydrogens is 795 g/mol. The maximum atomic E-state index is 10.3. The summed E-state index contributed by atoms with van der Waals surface area (Å²) in [7, 11) is 4.59. The monoisotopic (exact) mass is 849 g/mol. The van der Waals surface area contributed by atoms with Gasteiger partial charge in [0.25, 0.3) is 0 Å². The number of carboxylic acids is 3. The van der Waals surface area contributed by atoms with E-state index in [4.69, 9.17) is 20.4 Å². The summed E-state index contributed by atoms with van der Waals surface area (Å²) < 4.78 is 0. The first-order valence-corrected chi connectivity index (χ1v) is 21.4. The molecule has 0 spiro atoms. The molecule has 1 aliphatic rings. The number of nitrogens with zero attached hydrogens (tertiary/aromatic N) is 3. The van der Waals surface area contributed by atoms with E-state index in [1.54, 1.807) is 0 Å². The molecule has 12 nitrogen and oxygen atoms in total. The molecular formula is C51H55N5O7. The van der Waals surface area contributed by atoms with E-state index in [0.29, 0.717) is 0 Å². The molecule has 0 amide bonds. The van der Waals surface area contributed by atoms with Crippen LogP contribution < -0.4 is 0 Å². The van der Waals surface area contributed by atoms with Gasteiger partial charge in [-0.1, -0.05) is 66.7 Å². The second-order valence-corrected chi connectivity index (χ2v) is 17.1. The fraction of sp³-hybridized carbons (Fsp3) is 0.314. The lowest BCUT2D eigenvalue weighted by Gasteiger charge is -2.50. The van der Waals surface area contributed by atoms with E-state index in [-0.39, 0.29) is 11.0 Å². The number of carboxylic acid groups (broad SMARTS) is 3. The van der Waals surface area contributed by atoms with Gasteiger partial charge in [-0.25, -0.2) is 4.79 Å². The van der Waals surface area contributed by atoms with Crippen molar-refractivity contribution in [3.8, 4) is 0 Å². The number of likely N-dealkylation sites (N-methyl/N-ethyl adjacent to an activating group) is 1. The zero-order chi connectivity index (χ0) is 44.6. The fourth-order valence-electron chi connectivity index (χ4n) is 9.61. The van der Waals surface area contributed by atoms with Crippen molar-refractivity contribution in [2.24, 2.45) is 0 Å². The van der Waals surface area contributed by atoms with Gasteiger partial charge in [-0.15, -0.1) is 0 Å². The number of pyridine rings is 2. The molecule has 0 saturated heterocycles. The molecule has 4 aromatic heterocycles. The van der Waals surface area contributed by atoms with Gasteiger partial charge in [0.1, 0.15) is 0 Å². The first kappa shape index (κ1) is 44.4. The van der Waals surface area contributed by atoms with Crippen molar-refractivity contribution in [2.45, 2.75) is 87.2 Å². The molecule has 1 fully saturated rings. The van der Waals surface area contributed by atoms with E-state index < -0.39 is 36.4 Å². The van der Waals surface area contributed by atoms with Crippen LogP contribution in [0.25, 0.3) is 21.8 Å². The van der Waals surface area contributed by atoms with Crippen LogP contribution >= 0.6 is 0 Å². The number of benzene rings is 3. The molecule has 12 heteroatoms. The Morgan fingerprint density at radius 1 is 0.587 bits per heavy atom. The predicted molar refractivity (Wildman–Crippen MR) is 243 cm³/mol. The Morgan fingerprint density at radius 3 is 1.43 bits per heavy atom. The highest BCUT2D eigenvalue weighted by atomic mass is 16.4. The molecule has 0 atom stereocenters. The normalized spacial score (nSPS) is 14.6. The molecule has 3 aromatic carbocycles. The largest absolute Gasteiger partial charge is 0.481 e. The number of aryl methyl sites for hydroxylation is 4. The molecule has 1 saturated carbocycles.